The maximum Gasteiger partial charge on any atom is 0.0726 e. The Kier molecular flexibility index (Phi) is 6.50. The highest BCUT2D eigenvalue weighted by atomic mass is 15.1. The Balaban J connectivity index is 1.17. The van der Waals surface area contributed by atoms with Gasteiger partial charge in [-0.05, 0) is 121 Å². The van der Waals surface area contributed by atoms with Crippen LogP contribution in [0.15, 0.2) is 182 Å². The lowest BCUT2D eigenvalue weighted by Crippen LogP contribution is -2.26. The molecule has 0 saturated carbocycles. The van der Waals surface area contributed by atoms with Gasteiger partial charge >= 0.3 is 0 Å². The second kappa shape index (κ2) is 11.3. The summed E-state index contributed by atoms with van der Waals surface area (Å²) in [6.45, 7) is 7.11. The fourth-order valence-electron chi connectivity index (χ4n) is 10.5. The van der Waals surface area contributed by atoms with Gasteiger partial charge in [0.15, 0.2) is 0 Å². The molecule has 0 bridgehead atoms. The molecule has 0 atom stereocenters. The maximum absolute atomic E-state index is 2.51. The summed E-state index contributed by atoms with van der Waals surface area (Å²) in [6.07, 6.45) is 0. The Morgan fingerprint density at radius 3 is 1.41 bits per heavy atom. The summed E-state index contributed by atoms with van der Waals surface area (Å²) in [5.41, 5.74) is 22.9. The molecule has 3 aliphatic rings. The quantitative estimate of drug-likeness (QED) is 0.178. The highest BCUT2D eigenvalue weighted by Gasteiger charge is 2.51. The van der Waals surface area contributed by atoms with E-state index in [9.17, 15) is 0 Å². The third-order valence-electron chi connectivity index (χ3n) is 12.7. The van der Waals surface area contributed by atoms with Gasteiger partial charge in [-0.2, -0.15) is 0 Å². The molecular weight excluding hydrogens is 651 g/mol. The zero-order valence-corrected chi connectivity index (χ0v) is 30.8. The summed E-state index contributed by atoms with van der Waals surface area (Å²) in [6, 6.07) is 67.9. The second-order valence-electron chi connectivity index (χ2n) is 15.7. The van der Waals surface area contributed by atoms with E-state index in [-0.39, 0.29) is 5.41 Å². The van der Waals surface area contributed by atoms with Crippen LogP contribution in [0.4, 0.5) is 17.1 Å². The third-order valence-corrected chi connectivity index (χ3v) is 12.7. The smallest absolute Gasteiger partial charge is 0.0726 e. The highest BCUT2D eigenvalue weighted by molar-refractivity contribution is 5.97. The maximum atomic E-state index is 2.51. The molecule has 256 valence electrons. The van der Waals surface area contributed by atoms with Gasteiger partial charge in [-0.1, -0.05) is 166 Å². The van der Waals surface area contributed by atoms with Crippen molar-refractivity contribution >= 4 is 17.1 Å². The van der Waals surface area contributed by atoms with Crippen LogP contribution in [0, 0.1) is 6.92 Å². The first kappa shape index (κ1) is 31.1. The summed E-state index contributed by atoms with van der Waals surface area (Å²) in [7, 11) is 0. The van der Waals surface area contributed by atoms with E-state index in [2.05, 4.69) is 208 Å². The van der Waals surface area contributed by atoms with Gasteiger partial charge < -0.3 is 4.90 Å². The largest absolute Gasteiger partial charge is 0.310 e. The van der Waals surface area contributed by atoms with Crippen LogP contribution in [-0.4, -0.2) is 0 Å². The molecule has 0 radical (unpaired) electrons. The monoisotopic (exact) mass is 689 g/mol. The van der Waals surface area contributed by atoms with Crippen LogP contribution >= 0.6 is 0 Å². The van der Waals surface area contributed by atoms with Gasteiger partial charge in [-0.25, -0.2) is 0 Å². The normalized spacial score (nSPS) is 14.5. The molecule has 0 aliphatic heterocycles. The van der Waals surface area contributed by atoms with E-state index < -0.39 is 5.41 Å². The van der Waals surface area contributed by atoms with Crippen LogP contribution in [-0.2, 0) is 10.8 Å². The fraction of sp³-hybridized carbons (Fsp3) is 0.0943. The van der Waals surface area contributed by atoms with E-state index in [1.807, 2.05) is 0 Å². The zero-order valence-electron chi connectivity index (χ0n) is 30.8. The molecule has 0 saturated heterocycles. The van der Waals surface area contributed by atoms with Gasteiger partial charge in [0.1, 0.15) is 0 Å². The van der Waals surface area contributed by atoms with E-state index in [1.165, 1.54) is 89.1 Å². The van der Waals surface area contributed by atoms with Crippen LogP contribution in [0.2, 0.25) is 0 Å². The van der Waals surface area contributed by atoms with E-state index in [0.29, 0.717) is 0 Å². The first-order valence-corrected chi connectivity index (χ1v) is 19.1. The van der Waals surface area contributed by atoms with Gasteiger partial charge in [0.2, 0.25) is 0 Å². The molecule has 3 aliphatic carbocycles. The Hall–Kier alpha value is -6.44. The molecule has 0 N–H and O–H groups in total. The van der Waals surface area contributed by atoms with Crippen LogP contribution in [0.3, 0.4) is 0 Å². The van der Waals surface area contributed by atoms with Crippen molar-refractivity contribution < 1.29 is 0 Å². The average molecular weight is 690 g/mol. The minimum atomic E-state index is -0.408. The number of hydrogen-bond donors (Lipinski definition) is 0. The first-order valence-electron chi connectivity index (χ1n) is 19.1. The van der Waals surface area contributed by atoms with Crippen molar-refractivity contribution in [3.8, 4) is 44.5 Å². The highest BCUT2D eigenvalue weighted by Crippen LogP contribution is 2.63. The van der Waals surface area contributed by atoms with Crippen molar-refractivity contribution in [3.05, 3.63) is 221 Å². The van der Waals surface area contributed by atoms with Crippen LogP contribution in [0.5, 0.6) is 0 Å². The lowest BCUT2D eigenvalue weighted by molar-refractivity contribution is 0.655. The molecule has 54 heavy (non-hydrogen) atoms. The molecule has 11 rings (SSSR count). The number of rotatable bonds is 4. The minimum absolute atomic E-state index is 0.115. The molecule has 0 amide bonds. The number of benzene rings is 8. The predicted octanol–water partition coefficient (Wildman–Crippen LogP) is 13.8. The predicted molar refractivity (Wildman–Crippen MR) is 225 cm³/mol. The molecule has 1 heteroatoms. The molecule has 8 aromatic carbocycles. The number of fused-ring (bicyclic) bond motifs is 13. The number of nitrogens with zero attached hydrogens (tertiary/aromatic N) is 1. The summed E-state index contributed by atoms with van der Waals surface area (Å²) in [5.74, 6) is 0. The van der Waals surface area contributed by atoms with Gasteiger partial charge in [-0.3, -0.25) is 0 Å². The van der Waals surface area contributed by atoms with E-state index in [4.69, 9.17) is 0 Å². The lowest BCUT2D eigenvalue weighted by Gasteiger charge is -2.33. The lowest BCUT2D eigenvalue weighted by atomic mass is 9.70. The van der Waals surface area contributed by atoms with Crippen molar-refractivity contribution in [2.45, 2.75) is 31.6 Å². The van der Waals surface area contributed by atoms with Crippen molar-refractivity contribution in [2.24, 2.45) is 0 Å². The first-order chi connectivity index (χ1) is 26.5. The van der Waals surface area contributed by atoms with E-state index >= 15 is 0 Å². The molecule has 0 heterocycles. The summed E-state index contributed by atoms with van der Waals surface area (Å²) >= 11 is 0. The fourth-order valence-corrected chi connectivity index (χ4v) is 10.5. The van der Waals surface area contributed by atoms with Gasteiger partial charge in [-0.15, -0.1) is 0 Å². The van der Waals surface area contributed by atoms with Crippen molar-refractivity contribution in [3.63, 3.8) is 0 Å². The van der Waals surface area contributed by atoms with Crippen LogP contribution in [0.1, 0.15) is 52.8 Å². The topological polar surface area (TPSA) is 3.24 Å². The van der Waals surface area contributed by atoms with Crippen LogP contribution in [0.25, 0.3) is 44.5 Å². The summed E-state index contributed by atoms with van der Waals surface area (Å²) in [4.78, 5) is 2.51. The minimum Gasteiger partial charge on any atom is -0.310 e. The number of hydrogen-bond acceptors (Lipinski definition) is 1. The molecule has 0 aromatic heterocycles. The van der Waals surface area contributed by atoms with E-state index in [0.717, 1.165) is 11.4 Å². The molecular formula is C53H39N. The zero-order chi connectivity index (χ0) is 36.2. The Morgan fingerprint density at radius 1 is 0.370 bits per heavy atom. The molecule has 8 aromatic rings. The second-order valence-corrected chi connectivity index (χ2v) is 15.7. The van der Waals surface area contributed by atoms with Crippen molar-refractivity contribution in [2.75, 3.05) is 4.90 Å². The molecule has 1 nitrogen and oxygen atoms in total. The van der Waals surface area contributed by atoms with Gasteiger partial charge in [0, 0.05) is 22.5 Å². The van der Waals surface area contributed by atoms with E-state index in [1.54, 1.807) is 0 Å². The van der Waals surface area contributed by atoms with Crippen molar-refractivity contribution in [1.29, 1.82) is 0 Å². The Bertz CT molecular complexity index is 2740. The Labute approximate surface area is 317 Å². The van der Waals surface area contributed by atoms with Crippen molar-refractivity contribution in [1.82, 2.24) is 0 Å². The average Bonchev–Trinajstić information content (AvgIpc) is 3.78. The van der Waals surface area contributed by atoms with Gasteiger partial charge in [0.25, 0.3) is 0 Å². The molecule has 1 spiro atoms. The Morgan fingerprint density at radius 2 is 0.815 bits per heavy atom. The number of anilines is 3. The molecule has 0 unspecified atom stereocenters. The van der Waals surface area contributed by atoms with Gasteiger partial charge in [0.05, 0.1) is 5.41 Å². The standard InChI is InChI=1S/C53H39N/c1-34-50(32-31-44-42-20-7-11-21-45(42)52(2,3)51(34)44)54(37-27-25-36(26-28-37)35-15-5-4-6-16-35)38-29-30-43-41-19-10-14-24-48(41)53(49(43)33-38)46-22-12-8-17-39(46)40-18-9-13-23-47(40)53/h4-33H,1-3H3. The SMILES string of the molecule is Cc1c(N(c2ccc(-c3ccccc3)cc2)c2ccc3c(c2)C2(c4ccccc4-c4ccccc42)c2ccccc2-3)ccc2c1C(C)(C)c1ccccc1-2. The summed E-state index contributed by atoms with van der Waals surface area (Å²) < 4.78 is 0. The molecule has 0 fully saturated rings. The third kappa shape index (κ3) is 4.04. The van der Waals surface area contributed by atoms with Crippen LogP contribution < -0.4 is 4.90 Å². The summed E-state index contributed by atoms with van der Waals surface area (Å²) in [5, 5.41) is 0.